The first-order valence-electron chi connectivity index (χ1n) is 6.14. The summed E-state index contributed by atoms with van der Waals surface area (Å²) in [5.74, 6) is 6.06. The molecule has 0 heterocycles. The number of benzene rings is 2. The number of rotatable bonds is 3. The first kappa shape index (κ1) is 12.9. The minimum Gasteiger partial charge on any atom is -0.494 e. The van der Waals surface area contributed by atoms with E-state index >= 15 is 0 Å². The zero-order chi connectivity index (χ0) is 13.5. The molecule has 0 unspecified atom stereocenters. The molecule has 2 nitrogen and oxygen atoms in total. The molecule has 0 N–H and O–H groups in total. The lowest BCUT2D eigenvalue weighted by Crippen LogP contribution is -1.96. The summed E-state index contributed by atoms with van der Waals surface area (Å²) in [5.41, 5.74) is 1.41. The van der Waals surface area contributed by atoms with E-state index in [2.05, 4.69) is 11.8 Å². The van der Waals surface area contributed by atoms with E-state index in [4.69, 9.17) is 4.74 Å². The zero-order valence-corrected chi connectivity index (χ0v) is 10.7. The summed E-state index contributed by atoms with van der Waals surface area (Å²) in [6.07, 6.45) is 0. The quantitative estimate of drug-likeness (QED) is 0.617. The second-order valence-corrected chi connectivity index (χ2v) is 3.90. The highest BCUT2D eigenvalue weighted by atomic mass is 16.5. The fourth-order valence-corrected chi connectivity index (χ4v) is 1.59. The van der Waals surface area contributed by atoms with Gasteiger partial charge in [-0.3, -0.25) is 4.79 Å². The molecular formula is C17H14O2. The average molecular weight is 250 g/mol. The van der Waals surface area contributed by atoms with Crippen LogP contribution in [0.4, 0.5) is 0 Å². The largest absolute Gasteiger partial charge is 0.494 e. The molecule has 2 heteroatoms. The van der Waals surface area contributed by atoms with Crippen LogP contribution in [0.5, 0.6) is 5.75 Å². The molecule has 0 bridgehead atoms. The van der Waals surface area contributed by atoms with Crippen LogP contribution in [0.1, 0.15) is 22.8 Å². The fraction of sp³-hybridized carbons (Fsp3) is 0.118. The lowest BCUT2D eigenvalue weighted by Gasteiger charge is -2.02. The molecule has 0 spiro atoms. The highest BCUT2D eigenvalue weighted by Gasteiger charge is 2.02. The highest BCUT2D eigenvalue weighted by molar-refractivity contribution is 6.09. The van der Waals surface area contributed by atoms with Gasteiger partial charge in [-0.05, 0) is 49.2 Å². The minimum atomic E-state index is -0.188. The van der Waals surface area contributed by atoms with Gasteiger partial charge in [-0.15, -0.1) is 0 Å². The number of carbonyl (C=O) groups excluding carboxylic acids is 1. The Morgan fingerprint density at radius 2 is 1.74 bits per heavy atom. The summed E-state index contributed by atoms with van der Waals surface area (Å²) in [7, 11) is 0. The van der Waals surface area contributed by atoms with E-state index in [9.17, 15) is 4.79 Å². The van der Waals surface area contributed by atoms with Crippen LogP contribution in [-0.2, 0) is 0 Å². The topological polar surface area (TPSA) is 26.3 Å². The number of hydrogen-bond donors (Lipinski definition) is 0. The van der Waals surface area contributed by atoms with Crippen LogP contribution in [-0.4, -0.2) is 12.4 Å². The highest BCUT2D eigenvalue weighted by Crippen LogP contribution is 2.12. The van der Waals surface area contributed by atoms with Crippen LogP contribution in [0.15, 0.2) is 54.6 Å². The van der Waals surface area contributed by atoms with Gasteiger partial charge in [0.15, 0.2) is 0 Å². The Balaban J connectivity index is 2.10. The second kappa shape index (κ2) is 6.42. The van der Waals surface area contributed by atoms with Crippen molar-refractivity contribution in [3.63, 3.8) is 0 Å². The molecule has 0 aliphatic heterocycles. The molecule has 94 valence electrons. The van der Waals surface area contributed by atoms with Crippen LogP contribution in [0.2, 0.25) is 0 Å². The van der Waals surface area contributed by atoms with Gasteiger partial charge < -0.3 is 4.74 Å². The first-order valence-corrected chi connectivity index (χ1v) is 6.14. The van der Waals surface area contributed by atoms with Crippen LogP contribution in [0, 0.1) is 11.8 Å². The van der Waals surface area contributed by atoms with Crippen molar-refractivity contribution < 1.29 is 9.53 Å². The maximum absolute atomic E-state index is 11.9. The maximum Gasteiger partial charge on any atom is 0.236 e. The van der Waals surface area contributed by atoms with Gasteiger partial charge in [0.2, 0.25) is 5.78 Å². The molecule has 19 heavy (non-hydrogen) atoms. The minimum absolute atomic E-state index is 0.188. The summed E-state index contributed by atoms with van der Waals surface area (Å²) in [5, 5.41) is 0. The van der Waals surface area contributed by atoms with Crippen molar-refractivity contribution in [2.24, 2.45) is 0 Å². The Kier molecular flexibility index (Phi) is 4.36. The second-order valence-electron chi connectivity index (χ2n) is 3.90. The molecule has 0 fully saturated rings. The van der Waals surface area contributed by atoms with Crippen molar-refractivity contribution in [3.05, 3.63) is 65.7 Å². The lowest BCUT2D eigenvalue weighted by atomic mass is 10.1. The first-order chi connectivity index (χ1) is 9.29. The molecule has 0 aliphatic rings. The molecule has 0 radical (unpaired) electrons. The smallest absolute Gasteiger partial charge is 0.236 e. The van der Waals surface area contributed by atoms with Gasteiger partial charge >= 0.3 is 0 Å². The van der Waals surface area contributed by atoms with Gasteiger partial charge in [0, 0.05) is 11.1 Å². The Morgan fingerprint density at radius 1 is 1.05 bits per heavy atom. The summed E-state index contributed by atoms with van der Waals surface area (Å²) in [6.45, 7) is 2.53. The van der Waals surface area contributed by atoms with E-state index in [1.54, 1.807) is 24.3 Å². The van der Waals surface area contributed by atoms with E-state index in [0.717, 1.165) is 11.3 Å². The zero-order valence-electron chi connectivity index (χ0n) is 10.7. The van der Waals surface area contributed by atoms with E-state index in [0.29, 0.717) is 12.2 Å². The summed E-state index contributed by atoms with van der Waals surface area (Å²) in [6, 6.07) is 16.5. The predicted molar refractivity (Wildman–Crippen MR) is 75.3 cm³/mol. The molecule has 0 saturated carbocycles. The molecule has 2 aromatic rings. The van der Waals surface area contributed by atoms with Gasteiger partial charge in [-0.1, -0.05) is 24.1 Å². The number of hydrogen-bond acceptors (Lipinski definition) is 2. The number of Topliss-reactive ketones (excluding diaryl/α,β-unsaturated/α-hetero) is 1. The summed E-state index contributed by atoms with van der Waals surface area (Å²) in [4.78, 5) is 11.9. The van der Waals surface area contributed by atoms with Crippen molar-refractivity contribution in [2.75, 3.05) is 6.61 Å². The predicted octanol–water partition coefficient (Wildman–Crippen LogP) is 3.32. The Morgan fingerprint density at radius 3 is 2.37 bits per heavy atom. The standard InChI is InChI=1S/C17H14O2/c1-2-19-16-11-9-15(10-12-16)17(18)13-8-14-6-4-3-5-7-14/h3-7,9-12H,2H2,1H3. The Hall–Kier alpha value is -2.53. The summed E-state index contributed by atoms with van der Waals surface area (Å²) < 4.78 is 5.32. The van der Waals surface area contributed by atoms with Gasteiger partial charge in [-0.2, -0.15) is 0 Å². The fourth-order valence-electron chi connectivity index (χ4n) is 1.59. The number of carbonyl (C=O) groups is 1. The molecule has 2 aromatic carbocycles. The van der Waals surface area contributed by atoms with Crippen LogP contribution in [0.3, 0.4) is 0 Å². The molecule has 0 saturated heterocycles. The van der Waals surface area contributed by atoms with Crippen molar-refractivity contribution in [2.45, 2.75) is 6.92 Å². The van der Waals surface area contributed by atoms with Gasteiger partial charge in [0.1, 0.15) is 5.75 Å². The Bertz CT molecular complexity index is 601. The van der Waals surface area contributed by atoms with Gasteiger partial charge in [0.25, 0.3) is 0 Å². The van der Waals surface area contributed by atoms with E-state index in [1.807, 2.05) is 37.3 Å². The Labute approximate surface area is 113 Å². The van der Waals surface area contributed by atoms with E-state index < -0.39 is 0 Å². The maximum atomic E-state index is 11.9. The number of ether oxygens (including phenoxy) is 1. The van der Waals surface area contributed by atoms with Crippen LogP contribution >= 0.6 is 0 Å². The van der Waals surface area contributed by atoms with E-state index in [-0.39, 0.29) is 5.78 Å². The molecule has 0 aliphatic carbocycles. The molecular weight excluding hydrogens is 236 g/mol. The van der Waals surface area contributed by atoms with Crippen molar-refractivity contribution in [1.29, 1.82) is 0 Å². The molecule has 0 atom stereocenters. The molecule has 2 rings (SSSR count). The van der Waals surface area contributed by atoms with Crippen molar-refractivity contribution in [1.82, 2.24) is 0 Å². The third-order valence-corrected chi connectivity index (χ3v) is 2.52. The third kappa shape index (κ3) is 3.72. The van der Waals surface area contributed by atoms with Gasteiger partial charge in [-0.25, -0.2) is 0 Å². The SMILES string of the molecule is CCOc1ccc(C(=O)C#Cc2ccccc2)cc1. The molecule has 0 aromatic heterocycles. The molecule has 0 amide bonds. The van der Waals surface area contributed by atoms with Crippen LogP contribution < -0.4 is 4.74 Å². The van der Waals surface area contributed by atoms with Crippen molar-refractivity contribution >= 4 is 5.78 Å². The average Bonchev–Trinajstić information content (AvgIpc) is 2.47. The number of ketones is 1. The van der Waals surface area contributed by atoms with E-state index in [1.165, 1.54) is 0 Å². The summed E-state index contributed by atoms with van der Waals surface area (Å²) >= 11 is 0. The van der Waals surface area contributed by atoms with Crippen LogP contribution in [0.25, 0.3) is 0 Å². The monoisotopic (exact) mass is 250 g/mol. The normalized spacial score (nSPS) is 9.32. The van der Waals surface area contributed by atoms with Gasteiger partial charge in [0.05, 0.1) is 6.61 Å². The lowest BCUT2D eigenvalue weighted by molar-refractivity contribution is 0.105. The van der Waals surface area contributed by atoms with Crippen molar-refractivity contribution in [3.8, 4) is 17.6 Å². The third-order valence-electron chi connectivity index (χ3n) is 2.52.